The van der Waals surface area contributed by atoms with E-state index in [-0.39, 0.29) is 11.1 Å². The quantitative estimate of drug-likeness (QED) is 0.788. The maximum absolute atomic E-state index is 4.78. The van der Waals surface area contributed by atoms with Crippen LogP contribution >= 0.6 is 0 Å². The lowest BCUT2D eigenvalue weighted by molar-refractivity contribution is 0.00496. The molecule has 0 atom stereocenters. The fraction of sp³-hybridized carbons (Fsp3) is 0.600. The minimum atomic E-state index is -0.0687. The third-order valence-electron chi connectivity index (χ3n) is 4.28. The Balaban J connectivity index is 2.36. The monoisotopic (exact) mass is 258 g/mol. The van der Waals surface area contributed by atoms with Crippen LogP contribution in [0.4, 0.5) is 0 Å². The zero-order valence-electron chi connectivity index (χ0n) is 12.6. The van der Waals surface area contributed by atoms with Gasteiger partial charge in [0, 0.05) is 18.4 Å². The van der Waals surface area contributed by atoms with Gasteiger partial charge in [0.05, 0.1) is 22.5 Å². The molecule has 19 heavy (non-hydrogen) atoms. The summed E-state index contributed by atoms with van der Waals surface area (Å²) in [6, 6.07) is 2.43. The Labute approximate surface area is 114 Å². The molecule has 0 bridgehead atoms. The van der Waals surface area contributed by atoms with Gasteiger partial charge in [-0.15, -0.1) is 0 Å². The Morgan fingerprint density at radius 2 is 1.79 bits per heavy atom. The van der Waals surface area contributed by atoms with Crippen LogP contribution in [0.5, 0.6) is 0 Å². The van der Waals surface area contributed by atoms with Crippen molar-refractivity contribution >= 4 is 5.78 Å². The molecule has 3 rings (SSSR count). The minimum absolute atomic E-state index is 0.0462. The summed E-state index contributed by atoms with van der Waals surface area (Å²) in [7, 11) is 0. The van der Waals surface area contributed by atoms with E-state index < -0.39 is 0 Å². The van der Waals surface area contributed by atoms with E-state index in [2.05, 4.69) is 62.0 Å². The molecule has 4 nitrogen and oxygen atoms in total. The lowest BCUT2D eigenvalue weighted by atomic mass is 9.99. The molecule has 2 aromatic rings. The van der Waals surface area contributed by atoms with Gasteiger partial charge in [0.15, 0.2) is 0 Å². The molecule has 1 aliphatic rings. The van der Waals surface area contributed by atoms with E-state index in [4.69, 9.17) is 4.98 Å². The van der Waals surface area contributed by atoms with Crippen LogP contribution in [-0.4, -0.2) is 25.3 Å². The van der Waals surface area contributed by atoms with Crippen LogP contribution in [0, 0.1) is 0 Å². The fourth-order valence-corrected chi connectivity index (χ4v) is 4.12. The predicted octanol–water partition coefficient (Wildman–Crippen LogP) is 2.92. The van der Waals surface area contributed by atoms with Crippen molar-refractivity contribution in [3.63, 3.8) is 0 Å². The van der Waals surface area contributed by atoms with E-state index in [1.165, 1.54) is 5.69 Å². The molecule has 0 saturated carbocycles. The molecule has 0 radical (unpaired) electrons. The average Bonchev–Trinajstić information content (AvgIpc) is 2.73. The number of rotatable bonds is 1. The molecule has 102 valence electrons. The summed E-state index contributed by atoms with van der Waals surface area (Å²) in [5, 5.41) is 0. The Kier molecular flexibility index (Phi) is 2.37. The summed E-state index contributed by atoms with van der Waals surface area (Å²) < 4.78 is 2.14. The molecule has 4 heteroatoms. The maximum atomic E-state index is 4.78. The van der Waals surface area contributed by atoms with Gasteiger partial charge in [-0.3, -0.25) is 9.30 Å². The normalized spacial score (nSPS) is 21.2. The van der Waals surface area contributed by atoms with Crippen molar-refractivity contribution in [1.29, 1.82) is 0 Å². The van der Waals surface area contributed by atoms with Crippen molar-refractivity contribution in [2.75, 3.05) is 0 Å². The Hall–Kier alpha value is -1.42. The first-order valence-corrected chi connectivity index (χ1v) is 6.91. The summed E-state index contributed by atoms with van der Waals surface area (Å²) in [5.74, 6) is 0.803. The summed E-state index contributed by atoms with van der Waals surface area (Å²) in [6.45, 7) is 13.6. The Morgan fingerprint density at radius 3 is 2.42 bits per heavy atom. The maximum Gasteiger partial charge on any atom is 0.234 e. The zero-order valence-corrected chi connectivity index (χ0v) is 12.6. The van der Waals surface area contributed by atoms with Gasteiger partial charge in [-0.2, -0.15) is 0 Å². The molecular formula is C15H22N4. The molecule has 0 aromatic carbocycles. The lowest BCUT2D eigenvalue weighted by Crippen LogP contribution is -2.50. The van der Waals surface area contributed by atoms with Gasteiger partial charge in [0.1, 0.15) is 0 Å². The zero-order chi connectivity index (χ0) is 14.0. The van der Waals surface area contributed by atoms with E-state index >= 15 is 0 Å². The van der Waals surface area contributed by atoms with Gasteiger partial charge in [-0.1, -0.05) is 0 Å². The molecule has 2 aromatic heterocycles. The number of imidazole rings is 1. The van der Waals surface area contributed by atoms with Crippen LogP contribution in [0.3, 0.4) is 0 Å². The molecule has 0 spiro atoms. The first-order valence-electron chi connectivity index (χ1n) is 6.91. The predicted molar refractivity (Wildman–Crippen MR) is 76.0 cm³/mol. The van der Waals surface area contributed by atoms with E-state index in [1.54, 1.807) is 6.20 Å². The van der Waals surface area contributed by atoms with Crippen LogP contribution in [0.15, 0.2) is 18.5 Å². The molecule has 0 amide bonds. The number of aromatic nitrogens is 3. The first kappa shape index (κ1) is 12.6. The van der Waals surface area contributed by atoms with Gasteiger partial charge < -0.3 is 0 Å². The number of nitrogens with zero attached hydrogens (tertiary/aromatic N) is 4. The smallest absolute Gasteiger partial charge is 0.234 e. The molecule has 0 aliphatic carbocycles. The van der Waals surface area contributed by atoms with Crippen molar-refractivity contribution in [3.05, 3.63) is 29.8 Å². The van der Waals surface area contributed by atoms with E-state index in [1.807, 2.05) is 6.07 Å². The highest BCUT2D eigenvalue weighted by Gasteiger charge is 2.53. The van der Waals surface area contributed by atoms with Crippen LogP contribution in [0.1, 0.15) is 52.9 Å². The highest BCUT2D eigenvalue weighted by molar-refractivity contribution is 5.45. The van der Waals surface area contributed by atoms with E-state index in [0.717, 1.165) is 11.5 Å². The highest BCUT2D eigenvalue weighted by Crippen LogP contribution is 2.50. The standard InChI is InChI=1S/C15H22N4/c1-10(2)19-14(3,4)11-12(15(19,5)6)18-9-7-8-16-13(18)17-11/h7-10H,1-6H3. The van der Waals surface area contributed by atoms with Crippen molar-refractivity contribution in [2.24, 2.45) is 0 Å². The van der Waals surface area contributed by atoms with Gasteiger partial charge >= 0.3 is 0 Å². The second-order valence-electron chi connectivity index (χ2n) is 6.68. The molecule has 0 unspecified atom stereocenters. The first-order chi connectivity index (χ1) is 8.78. The summed E-state index contributed by atoms with van der Waals surface area (Å²) in [6.07, 6.45) is 3.87. The molecular weight excluding hydrogens is 236 g/mol. The number of hydrogen-bond donors (Lipinski definition) is 0. The van der Waals surface area contributed by atoms with Crippen molar-refractivity contribution in [2.45, 2.75) is 58.7 Å². The third kappa shape index (κ3) is 1.43. The summed E-state index contributed by atoms with van der Waals surface area (Å²) in [4.78, 5) is 11.7. The SMILES string of the molecule is CC(C)N1C(C)(C)c2nc3ncccn3c2C1(C)C. The third-order valence-corrected chi connectivity index (χ3v) is 4.28. The Morgan fingerprint density at radius 1 is 1.11 bits per heavy atom. The number of fused-ring (bicyclic) bond motifs is 3. The largest absolute Gasteiger partial charge is 0.286 e. The summed E-state index contributed by atoms with van der Waals surface area (Å²) in [5.41, 5.74) is 2.31. The van der Waals surface area contributed by atoms with Gasteiger partial charge in [-0.05, 0) is 47.6 Å². The lowest BCUT2D eigenvalue weighted by Gasteiger charge is -2.43. The van der Waals surface area contributed by atoms with Crippen molar-refractivity contribution < 1.29 is 0 Å². The van der Waals surface area contributed by atoms with Gasteiger partial charge in [0.25, 0.3) is 0 Å². The van der Waals surface area contributed by atoms with Crippen molar-refractivity contribution in [3.8, 4) is 0 Å². The molecule has 1 aliphatic heterocycles. The van der Waals surface area contributed by atoms with E-state index in [9.17, 15) is 0 Å². The Bertz CT molecular complexity index is 637. The van der Waals surface area contributed by atoms with Crippen LogP contribution < -0.4 is 0 Å². The molecule has 0 N–H and O–H groups in total. The fourth-order valence-electron chi connectivity index (χ4n) is 4.12. The second kappa shape index (κ2) is 3.57. The van der Waals surface area contributed by atoms with Gasteiger partial charge in [0.2, 0.25) is 5.78 Å². The van der Waals surface area contributed by atoms with Gasteiger partial charge in [-0.25, -0.2) is 9.97 Å². The molecule has 0 fully saturated rings. The van der Waals surface area contributed by atoms with Crippen LogP contribution in [0.25, 0.3) is 5.78 Å². The minimum Gasteiger partial charge on any atom is -0.286 e. The second-order valence-corrected chi connectivity index (χ2v) is 6.68. The van der Waals surface area contributed by atoms with Crippen LogP contribution in [-0.2, 0) is 11.1 Å². The van der Waals surface area contributed by atoms with E-state index in [0.29, 0.717) is 6.04 Å². The average molecular weight is 258 g/mol. The van der Waals surface area contributed by atoms with Crippen molar-refractivity contribution in [1.82, 2.24) is 19.3 Å². The summed E-state index contributed by atoms with van der Waals surface area (Å²) >= 11 is 0. The van der Waals surface area contributed by atoms with Crippen LogP contribution in [0.2, 0.25) is 0 Å². The number of hydrogen-bond acceptors (Lipinski definition) is 3. The molecule has 0 saturated heterocycles. The topological polar surface area (TPSA) is 33.4 Å². The highest BCUT2D eigenvalue weighted by atomic mass is 15.3. The molecule has 3 heterocycles.